The van der Waals surface area contributed by atoms with Crippen molar-refractivity contribution in [1.29, 1.82) is 0 Å². The van der Waals surface area contributed by atoms with E-state index >= 15 is 0 Å². The number of nitrogens with one attached hydrogen (secondary N) is 2. The molecule has 2 aliphatic rings. The standard InChI is InChI=1S/C11H21N3O4S/c12-8-3-1-2-4-9(8)14-11(15)10-5-7(6-13-10)19(16,17)18/h7-10,13H,1-6,12H2,(H,14,15)(H,16,17,18)/t7-,8+,9+,10-/m0/s1. The highest BCUT2D eigenvalue weighted by Crippen LogP contribution is 2.18. The molecular formula is C11H21N3O4S. The second-order valence-corrected chi connectivity index (χ2v) is 7.09. The number of amides is 1. The highest BCUT2D eigenvalue weighted by atomic mass is 32.2. The maximum absolute atomic E-state index is 12.0. The minimum atomic E-state index is -4.08. The second kappa shape index (κ2) is 5.74. The summed E-state index contributed by atoms with van der Waals surface area (Å²) in [5, 5.41) is 4.81. The molecule has 110 valence electrons. The van der Waals surface area contributed by atoms with Crippen molar-refractivity contribution in [1.82, 2.24) is 10.6 Å². The van der Waals surface area contributed by atoms with Gasteiger partial charge in [0.05, 0.1) is 6.04 Å². The first-order chi connectivity index (χ1) is 8.88. The molecule has 1 saturated carbocycles. The van der Waals surface area contributed by atoms with Crippen molar-refractivity contribution in [2.45, 2.75) is 55.5 Å². The summed E-state index contributed by atoms with van der Waals surface area (Å²) in [4.78, 5) is 12.0. The molecule has 0 spiro atoms. The Balaban J connectivity index is 1.87. The van der Waals surface area contributed by atoms with Gasteiger partial charge in [-0.1, -0.05) is 12.8 Å². The third kappa shape index (κ3) is 3.65. The molecule has 4 atom stereocenters. The molecule has 7 nitrogen and oxygen atoms in total. The van der Waals surface area contributed by atoms with E-state index in [-0.39, 0.29) is 31.0 Å². The molecular weight excluding hydrogens is 270 g/mol. The van der Waals surface area contributed by atoms with Gasteiger partial charge in [-0.2, -0.15) is 8.42 Å². The van der Waals surface area contributed by atoms with E-state index in [2.05, 4.69) is 10.6 Å². The van der Waals surface area contributed by atoms with E-state index in [4.69, 9.17) is 10.3 Å². The topological polar surface area (TPSA) is 122 Å². The molecule has 0 radical (unpaired) electrons. The first-order valence-electron chi connectivity index (χ1n) is 6.63. The van der Waals surface area contributed by atoms with Crippen molar-refractivity contribution < 1.29 is 17.8 Å². The fraction of sp³-hybridized carbons (Fsp3) is 0.909. The summed E-state index contributed by atoms with van der Waals surface area (Å²) in [6.45, 7) is 0.105. The van der Waals surface area contributed by atoms with E-state index in [1.54, 1.807) is 0 Å². The van der Waals surface area contributed by atoms with Crippen LogP contribution in [0, 0.1) is 0 Å². The lowest BCUT2D eigenvalue weighted by molar-refractivity contribution is -0.123. The monoisotopic (exact) mass is 291 g/mol. The maximum atomic E-state index is 12.0. The Morgan fingerprint density at radius 1 is 1.32 bits per heavy atom. The van der Waals surface area contributed by atoms with Gasteiger partial charge in [0.25, 0.3) is 10.1 Å². The van der Waals surface area contributed by atoms with Gasteiger partial charge in [0.1, 0.15) is 5.25 Å². The molecule has 1 amide bonds. The van der Waals surface area contributed by atoms with Crippen LogP contribution in [0.1, 0.15) is 32.1 Å². The van der Waals surface area contributed by atoms with E-state index in [0.717, 1.165) is 25.7 Å². The molecule has 0 bridgehead atoms. The average molecular weight is 291 g/mol. The summed E-state index contributed by atoms with van der Waals surface area (Å²) in [7, 11) is -4.08. The zero-order valence-electron chi connectivity index (χ0n) is 10.7. The largest absolute Gasteiger partial charge is 0.350 e. The molecule has 1 aliphatic carbocycles. The molecule has 5 N–H and O–H groups in total. The Morgan fingerprint density at radius 3 is 2.58 bits per heavy atom. The molecule has 0 unspecified atom stereocenters. The highest BCUT2D eigenvalue weighted by Gasteiger charge is 2.37. The predicted octanol–water partition coefficient (Wildman–Crippen LogP) is -1.01. The van der Waals surface area contributed by atoms with Crippen LogP contribution in [0.2, 0.25) is 0 Å². The van der Waals surface area contributed by atoms with Crippen LogP contribution in [-0.2, 0) is 14.9 Å². The van der Waals surface area contributed by atoms with Crippen molar-refractivity contribution in [3.8, 4) is 0 Å². The molecule has 2 fully saturated rings. The SMILES string of the molecule is N[C@@H]1CCCC[C@H]1NC(=O)[C@@H]1C[C@H](S(=O)(=O)O)CN1. The van der Waals surface area contributed by atoms with Crippen LogP contribution >= 0.6 is 0 Å². The molecule has 2 rings (SSSR count). The lowest BCUT2D eigenvalue weighted by Crippen LogP contribution is -2.53. The minimum Gasteiger partial charge on any atom is -0.350 e. The summed E-state index contributed by atoms with van der Waals surface area (Å²) < 4.78 is 31.0. The zero-order chi connectivity index (χ0) is 14.0. The molecule has 8 heteroatoms. The number of hydrogen-bond donors (Lipinski definition) is 4. The van der Waals surface area contributed by atoms with Gasteiger partial charge in [0, 0.05) is 18.6 Å². The molecule has 1 heterocycles. The number of carbonyl (C=O) groups excluding carboxylic acids is 1. The molecule has 19 heavy (non-hydrogen) atoms. The van der Waals surface area contributed by atoms with Crippen molar-refractivity contribution in [2.75, 3.05) is 6.54 Å². The smallest absolute Gasteiger partial charge is 0.269 e. The van der Waals surface area contributed by atoms with Crippen molar-refractivity contribution in [3.05, 3.63) is 0 Å². The molecule has 0 aromatic carbocycles. The summed E-state index contributed by atoms with van der Waals surface area (Å²) in [5.74, 6) is -0.228. The summed E-state index contributed by atoms with van der Waals surface area (Å²) in [6.07, 6.45) is 4.00. The van der Waals surface area contributed by atoms with E-state index in [1.165, 1.54) is 0 Å². The van der Waals surface area contributed by atoms with Crippen LogP contribution < -0.4 is 16.4 Å². The van der Waals surface area contributed by atoms with E-state index in [9.17, 15) is 13.2 Å². The Morgan fingerprint density at radius 2 is 2.00 bits per heavy atom. The Kier molecular flexibility index (Phi) is 4.44. The fourth-order valence-electron chi connectivity index (χ4n) is 2.75. The summed E-state index contributed by atoms with van der Waals surface area (Å²) in [6, 6.07) is -0.634. The Hall–Kier alpha value is -0.700. The van der Waals surface area contributed by atoms with Crippen molar-refractivity contribution in [2.24, 2.45) is 5.73 Å². The Bertz CT molecular complexity index is 439. The fourth-order valence-corrected chi connectivity index (χ4v) is 3.49. The van der Waals surface area contributed by atoms with Gasteiger partial charge in [0.2, 0.25) is 5.91 Å². The lowest BCUT2D eigenvalue weighted by Gasteiger charge is -2.30. The maximum Gasteiger partial charge on any atom is 0.269 e. The van der Waals surface area contributed by atoms with Crippen LogP contribution in [0.15, 0.2) is 0 Å². The van der Waals surface area contributed by atoms with Gasteiger partial charge in [0.15, 0.2) is 0 Å². The van der Waals surface area contributed by atoms with Gasteiger partial charge >= 0.3 is 0 Å². The number of carbonyl (C=O) groups is 1. The minimum absolute atomic E-state index is 0.0310. The summed E-state index contributed by atoms with van der Waals surface area (Å²) >= 11 is 0. The Labute approximate surface area is 113 Å². The summed E-state index contributed by atoms with van der Waals surface area (Å²) in [5.41, 5.74) is 5.95. The van der Waals surface area contributed by atoms with Crippen LogP contribution in [0.4, 0.5) is 0 Å². The van der Waals surface area contributed by atoms with Gasteiger partial charge < -0.3 is 16.4 Å². The number of rotatable bonds is 3. The molecule has 0 aromatic rings. The van der Waals surface area contributed by atoms with Crippen molar-refractivity contribution >= 4 is 16.0 Å². The van der Waals surface area contributed by atoms with Gasteiger partial charge in [-0.3, -0.25) is 9.35 Å². The van der Waals surface area contributed by atoms with Crippen LogP contribution in [0.3, 0.4) is 0 Å². The van der Waals surface area contributed by atoms with Crippen LogP contribution in [-0.4, -0.2) is 48.8 Å². The van der Waals surface area contributed by atoms with E-state index in [1.807, 2.05) is 0 Å². The van der Waals surface area contributed by atoms with Gasteiger partial charge in [-0.05, 0) is 19.3 Å². The molecule has 1 saturated heterocycles. The lowest BCUT2D eigenvalue weighted by atomic mass is 9.91. The number of hydrogen-bond acceptors (Lipinski definition) is 5. The number of nitrogens with two attached hydrogens (primary N) is 1. The van der Waals surface area contributed by atoms with Crippen LogP contribution in [0.25, 0.3) is 0 Å². The zero-order valence-corrected chi connectivity index (χ0v) is 11.5. The first-order valence-corrected chi connectivity index (χ1v) is 8.14. The normalized spacial score (nSPS) is 36.1. The third-order valence-electron chi connectivity index (χ3n) is 3.98. The van der Waals surface area contributed by atoms with E-state index < -0.39 is 21.4 Å². The first kappa shape index (κ1) is 14.7. The predicted molar refractivity (Wildman–Crippen MR) is 70.1 cm³/mol. The quantitative estimate of drug-likeness (QED) is 0.494. The average Bonchev–Trinajstić information content (AvgIpc) is 2.81. The molecule has 0 aromatic heterocycles. The van der Waals surface area contributed by atoms with Crippen molar-refractivity contribution in [3.63, 3.8) is 0 Å². The third-order valence-corrected chi connectivity index (χ3v) is 5.18. The van der Waals surface area contributed by atoms with Crippen LogP contribution in [0.5, 0.6) is 0 Å². The van der Waals surface area contributed by atoms with E-state index in [0.29, 0.717) is 0 Å². The van der Waals surface area contributed by atoms with Gasteiger partial charge in [-0.15, -0.1) is 0 Å². The highest BCUT2D eigenvalue weighted by molar-refractivity contribution is 7.86. The second-order valence-electron chi connectivity index (χ2n) is 5.40. The van der Waals surface area contributed by atoms with Gasteiger partial charge in [-0.25, -0.2) is 0 Å². The molecule has 1 aliphatic heterocycles.